The van der Waals surface area contributed by atoms with E-state index in [1.54, 1.807) is 23.5 Å². The van der Waals surface area contributed by atoms with Crippen LogP contribution in [0.5, 0.6) is 11.5 Å². The second-order valence-corrected chi connectivity index (χ2v) is 7.12. The van der Waals surface area contributed by atoms with Crippen molar-refractivity contribution in [2.24, 2.45) is 4.99 Å². The topological polar surface area (TPSA) is 54.9 Å². The number of hydrogen-bond donors (Lipinski definition) is 2. The number of hydrogen-bond acceptors (Lipinski definition) is 4. The average Bonchev–Trinajstić information content (AvgIpc) is 3.05. The zero-order chi connectivity index (χ0) is 19.6. The van der Waals surface area contributed by atoms with Gasteiger partial charge in [-0.3, -0.25) is 0 Å². The lowest BCUT2D eigenvalue weighted by Gasteiger charge is -2.13. The van der Waals surface area contributed by atoms with Crippen LogP contribution in [0, 0.1) is 6.92 Å². The van der Waals surface area contributed by atoms with E-state index in [1.165, 1.54) is 16.9 Å². The van der Waals surface area contributed by atoms with Crippen molar-refractivity contribution >= 4 is 17.3 Å². The van der Waals surface area contributed by atoms with Crippen molar-refractivity contribution in [2.75, 3.05) is 20.2 Å². The maximum atomic E-state index is 12.5. The second kappa shape index (κ2) is 10.7. The van der Waals surface area contributed by atoms with Crippen LogP contribution in [0.25, 0.3) is 0 Å². The third kappa shape index (κ3) is 7.05. The number of guanidine groups is 1. The Labute approximate surface area is 162 Å². The predicted octanol–water partition coefficient (Wildman–Crippen LogP) is 3.96. The van der Waals surface area contributed by atoms with Crippen LogP contribution in [0.2, 0.25) is 0 Å². The number of halogens is 2. The highest BCUT2D eigenvalue weighted by molar-refractivity contribution is 7.11. The summed E-state index contributed by atoms with van der Waals surface area (Å²) in [6.45, 7) is 3.16. The molecule has 0 bridgehead atoms. The lowest BCUT2D eigenvalue weighted by molar-refractivity contribution is -0.0512. The third-order valence-electron chi connectivity index (χ3n) is 3.68. The molecule has 5 nitrogen and oxygen atoms in total. The first-order valence-corrected chi connectivity index (χ1v) is 9.52. The fraction of sp³-hybridized carbons (Fsp3) is 0.421. The molecule has 0 saturated heterocycles. The van der Waals surface area contributed by atoms with E-state index in [1.807, 2.05) is 13.0 Å². The SMILES string of the molecule is CCNC(=NCc1ccc(C)s1)NCCc1ccc(OC)c(OC(F)F)c1. The molecule has 1 aromatic carbocycles. The Morgan fingerprint density at radius 1 is 1.19 bits per heavy atom. The molecule has 0 amide bonds. The largest absolute Gasteiger partial charge is 0.493 e. The number of nitrogens with zero attached hydrogens (tertiary/aromatic N) is 1. The van der Waals surface area contributed by atoms with Crippen LogP contribution in [0.15, 0.2) is 35.3 Å². The maximum Gasteiger partial charge on any atom is 0.387 e. The van der Waals surface area contributed by atoms with E-state index >= 15 is 0 Å². The van der Waals surface area contributed by atoms with Gasteiger partial charge >= 0.3 is 6.61 Å². The van der Waals surface area contributed by atoms with Gasteiger partial charge in [-0.25, -0.2) is 4.99 Å². The number of ether oxygens (including phenoxy) is 2. The van der Waals surface area contributed by atoms with Crippen LogP contribution in [-0.2, 0) is 13.0 Å². The quantitative estimate of drug-likeness (QED) is 0.497. The molecule has 0 spiro atoms. The standard InChI is InChI=1S/C19H25F2N3O2S/c1-4-22-19(24-12-15-7-5-13(2)27-15)23-10-9-14-6-8-16(25-3)17(11-14)26-18(20)21/h5-8,11,18H,4,9-10,12H2,1-3H3,(H2,22,23,24). The van der Waals surface area contributed by atoms with E-state index < -0.39 is 6.61 Å². The molecule has 0 aliphatic rings. The predicted molar refractivity (Wildman–Crippen MR) is 105 cm³/mol. The van der Waals surface area contributed by atoms with E-state index in [0.717, 1.165) is 18.1 Å². The second-order valence-electron chi connectivity index (χ2n) is 5.75. The van der Waals surface area contributed by atoms with Gasteiger partial charge in [0.05, 0.1) is 13.7 Å². The van der Waals surface area contributed by atoms with Crippen LogP contribution in [-0.4, -0.2) is 32.8 Å². The number of nitrogens with one attached hydrogen (secondary N) is 2. The molecular formula is C19H25F2N3O2S. The van der Waals surface area contributed by atoms with Gasteiger partial charge in [0.25, 0.3) is 0 Å². The molecule has 0 unspecified atom stereocenters. The minimum atomic E-state index is -2.89. The highest BCUT2D eigenvalue weighted by Crippen LogP contribution is 2.29. The van der Waals surface area contributed by atoms with Gasteiger partial charge in [-0.05, 0) is 50.1 Å². The number of alkyl halides is 2. The smallest absolute Gasteiger partial charge is 0.387 e. The Morgan fingerprint density at radius 3 is 2.63 bits per heavy atom. The number of rotatable bonds is 9. The number of aryl methyl sites for hydroxylation is 1. The van der Waals surface area contributed by atoms with Crippen molar-refractivity contribution in [3.05, 3.63) is 45.6 Å². The number of thiophene rings is 1. The Balaban J connectivity index is 1.93. The van der Waals surface area contributed by atoms with Gasteiger partial charge < -0.3 is 20.1 Å². The zero-order valence-corrected chi connectivity index (χ0v) is 16.5. The molecule has 2 aromatic rings. The van der Waals surface area contributed by atoms with Crippen molar-refractivity contribution in [3.8, 4) is 11.5 Å². The zero-order valence-electron chi connectivity index (χ0n) is 15.7. The van der Waals surface area contributed by atoms with Crippen LogP contribution >= 0.6 is 11.3 Å². The van der Waals surface area contributed by atoms with Gasteiger partial charge in [-0.2, -0.15) is 8.78 Å². The number of methoxy groups -OCH3 is 1. The Morgan fingerprint density at radius 2 is 2.00 bits per heavy atom. The monoisotopic (exact) mass is 397 g/mol. The molecule has 8 heteroatoms. The molecule has 2 rings (SSSR count). The van der Waals surface area contributed by atoms with Crippen LogP contribution in [0.3, 0.4) is 0 Å². The summed E-state index contributed by atoms with van der Waals surface area (Å²) in [6.07, 6.45) is 0.631. The van der Waals surface area contributed by atoms with E-state index in [2.05, 4.69) is 39.4 Å². The van der Waals surface area contributed by atoms with Crippen molar-refractivity contribution in [1.82, 2.24) is 10.6 Å². The normalized spacial score (nSPS) is 11.6. The molecule has 0 aliphatic heterocycles. The molecule has 0 fully saturated rings. The molecule has 1 heterocycles. The summed E-state index contributed by atoms with van der Waals surface area (Å²) in [5.74, 6) is 1.05. The maximum absolute atomic E-state index is 12.5. The summed E-state index contributed by atoms with van der Waals surface area (Å²) in [5.41, 5.74) is 0.865. The lowest BCUT2D eigenvalue weighted by atomic mass is 10.1. The van der Waals surface area contributed by atoms with Crippen LogP contribution in [0.4, 0.5) is 8.78 Å². The van der Waals surface area contributed by atoms with Crippen molar-refractivity contribution in [1.29, 1.82) is 0 Å². The van der Waals surface area contributed by atoms with Crippen molar-refractivity contribution < 1.29 is 18.3 Å². The summed E-state index contributed by atoms with van der Waals surface area (Å²) in [7, 11) is 1.42. The molecule has 148 valence electrons. The van der Waals surface area contributed by atoms with E-state index in [-0.39, 0.29) is 11.5 Å². The molecule has 0 aliphatic carbocycles. The molecule has 2 N–H and O–H groups in total. The minimum absolute atomic E-state index is 0.0404. The third-order valence-corrected chi connectivity index (χ3v) is 4.67. The van der Waals surface area contributed by atoms with Crippen molar-refractivity contribution in [2.45, 2.75) is 33.4 Å². The van der Waals surface area contributed by atoms with Crippen LogP contribution < -0.4 is 20.1 Å². The van der Waals surface area contributed by atoms with E-state index in [9.17, 15) is 8.78 Å². The Hall–Kier alpha value is -2.35. The van der Waals surface area contributed by atoms with Crippen LogP contribution in [0.1, 0.15) is 22.2 Å². The first-order chi connectivity index (χ1) is 13.0. The summed E-state index contributed by atoms with van der Waals surface area (Å²) >= 11 is 1.73. The van der Waals surface area contributed by atoms with Gasteiger partial charge in [-0.15, -0.1) is 11.3 Å². The molecular weight excluding hydrogens is 372 g/mol. The number of benzene rings is 1. The molecule has 0 atom stereocenters. The lowest BCUT2D eigenvalue weighted by Crippen LogP contribution is -2.38. The summed E-state index contributed by atoms with van der Waals surface area (Å²) in [4.78, 5) is 7.04. The van der Waals surface area contributed by atoms with Crippen molar-refractivity contribution in [3.63, 3.8) is 0 Å². The fourth-order valence-corrected chi connectivity index (χ4v) is 3.27. The van der Waals surface area contributed by atoms with Gasteiger partial charge in [0.2, 0.25) is 0 Å². The highest BCUT2D eigenvalue weighted by atomic mass is 32.1. The van der Waals surface area contributed by atoms with E-state index in [4.69, 9.17) is 4.74 Å². The first kappa shape index (κ1) is 21.0. The van der Waals surface area contributed by atoms with E-state index in [0.29, 0.717) is 19.5 Å². The molecule has 27 heavy (non-hydrogen) atoms. The average molecular weight is 397 g/mol. The van der Waals surface area contributed by atoms with Gasteiger partial charge in [0.1, 0.15) is 0 Å². The fourth-order valence-electron chi connectivity index (χ4n) is 2.46. The molecule has 0 saturated carbocycles. The summed E-state index contributed by atoms with van der Waals surface area (Å²) < 4.78 is 34.6. The first-order valence-electron chi connectivity index (χ1n) is 8.71. The van der Waals surface area contributed by atoms with Gasteiger partial charge in [-0.1, -0.05) is 6.07 Å². The minimum Gasteiger partial charge on any atom is -0.493 e. The van der Waals surface area contributed by atoms with Gasteiger partial charge in [0.15, 0.2) is 17.5 Å². The number of aliphatic imine (C=N–C) groups is 1. The molecule has 1 aromatic heterocycles. The van der Waals surface area contributed by atoms with Gasteiger partial charge in [0, 0.05) is 22.8 Å². The Kier molecular flexibility index (Phi) is 8.32. The summed E-state index contributed by atoms with van der Waals surface area (Å²) in [5, 5.41) is 6.46. The highest BCUT2D eigenvalue weighted by Gasteiger charge is 2.11. The summed E-state index contributed by atoms with van der Waals surface area (Å²) in [6, 6.07) is 9.20. The molecule has 0 radical (unpaired) electrons. The Bertz CT molecular complexity index is 750.